The van der Waals surface area contributed by atoms with E-state index in [1.807, 2.05) is 30.3 Å². The summed E-state index contributed by atoms with van der Waals surface area (Å²) in [5, 5.41) is 0. The molecule has 0 aliphatic carbocycles. The Morgan fingerprint density at radius 1 is 1.05 bits per heavy atom. The second-order valence-electron chi connectivity index (χ2n) is 4.86. The van der Waals surface area contributed by atoms with Crippen LogP contribution in [0, 0.1) is 11.8 Å². The molecule has 110 valence electrons. The molecule has 1 aromatic carbocycles. The van der Waals surface area contributed by atoms with Crippen molar-refractivity contribution in [3.05, 3.63) is 65.0 Å². The second kappa shape index (κ2) is 6.59. The van der Waals surface area contributed by atoms with Crippen LogP contribution in [0.4, 0.5) is 5.82 Å². The first-order valence-electron chi connectivity index (χ1n) is 6.80. The topological polar surface area (TPSA) is 82.0 Å². The Labute approximate surface area is 129 Å². The van der Waals surface area contributed by atoms with Gasteiger partial charge in [0.2, 0.25) is 0 Å². The Morgan fingerprint density at radius 3 is 2.32 bits per heavy atom. The third-order valence-corrected chi connectivity index (χ3v) is 3.03. The standard InChI is InChI=1S/C18H17N3O/c1-12(19)18(13(2)22)15-9-11-17(20)21-16(15)10-8-14-6-4-3-5-7-14/h3-7,9,11H,19H2,1-2H3,(H2,20,21)/b18-12+. The SMILES string of the molecule is CC(=O)/C(=C(/C)N)c1ccc(N)nc1C#Cc1ccccc1. The Bertz CT molecular complexity index is 792. The number of Topliss-reactive ketones (excluding diaryl/α,β-unsaturated/α-hetero) is 1. The zero-order valence-electron chi connectivity index (χ0n) is 12.6. The summed E-state index contributed by atoms with van der Waals surface area (Å²) in [7, 11) is 0. The molecule has 0 aliphatic heterocycles. The van der Waals surface area contributed by atoms with Crippen LogP contribution >= 0.6 is 0 Å². The summed E-state index contributed by atoms with van der Waals surface area (Å²) in [6, 6.07) is 12.9. The van der Waals surface area contributed by atoms with Crippen LogP contribution in [0.15, 0.2) is 48.2 Å². The molecule has 0 radical (unpaired) electrons. The highest BCUT2D eigenvalue weighted by atomic mass is 16.1. The van der Waals surface area contributed by atoms with Crippen molar-refractivity contribution in [1.82, 2.24) is 4.98 Å². The fourth-order valence-electron chi connectivity index (χ4n) is 2.10. The first kappa shape index (κ1) is 15.3. The monoisotopic (exact) mass is 291 g/mol. The van der Waals surface area contributed by atoms with Crippen LogP contribution in [0.1, 0.15) is 30.7 Å². The van der Waals surface area contributed by atoms with Crippen LogP contribution in [0.25, 0.3) is 5.57 Å². The van der Waals surface area contributed by atoms with Crippen molar-refractivity contribution in [3.63, 3.8) is 0 Å². The number of pyridine rings is 1. The molecule has 0 saturated carbocycles. The van der Waals surface area contributed by atoms with Crippen molar-refractivity contribution in [2.24, 2.45) is 5.73 Å². The number of hydrogen-bond donors (Lipinski definition) is 2. The van der Waals surface area contributed by atoms with E-state index in [9.17, 15) is 4.79 Å². The third-order valence-electron chi connectivity index (χ3n) is 3.03. The summed E-state index contributed by atoms with van der Waals surface area (Å²) in [6.07, 6.45) is 0. The van der Waals surface area contributed by atoms with Gasteiger partial charge in [0.25, 0.3) is 0 Å². The molecule has 4 nitrogen and oxygen atoms in total. The number of anilines is 1. The number of carbonyl (C=O) groups is 1. The average Bonchev–Trinajstić information content (AvgIpc) is 2.47. The largest absolute Gasteiger partial charge is 0.402 e. The van der Waals surface area contributed by atoms with E-state index in [1.165, 1.54) is 6.92 Å². The molecule has 2 aromatic rings. The average molecular weight is 291 g/mol. The van der Waals surface area contributed by atoms with E-state index in [1.54, 1.807) is 19.1 Å². The summed E-state index contributed by atoms with van der Waals surface area (Å²) >= 11 is 0. The van der Waals surface area contributed by atoms with Gasteiger partial charge in [-0.2, -0.15) is 0 Å². The molecule has 0 spiro atoms. The van der Waals surface area contributed by atoms with Gasteiger partial charge in [0.15, 0.2) is 5.78 Å². The number of ketones is 1. The van der Waals surface area contributed by atoms with E-state index < -0.39 is 0 Å². The maximum atomic E-state index is 11.9. The fraction of sp³-hybridized carbons (Fsp3) is 0.111. The fourth-order valence-corrected chi connectivity index (χ4v) is 2.10. The van der Waals surface area contributed by atoms with E-state index in [2.05, 4.69) is 16.8 Å². The Hall–Kier alpha value is -3.06. The van der Waals surface area contributed by atoms with E-state index in [-0.39, 0.29) is 5.78 Å². The van der Waals surface area contributed by atoms with Crippen molar-refractivity contribution < 1.29 is 4.79 Å². The van der Waals surface area contributed by atoms with Gasteiger partial charge in [0.1, 0.15) is 11.5 Å². The molecule has 0 amide bonds. The molecule has 0 aliphatic rings. The highest BCUT2D eigenvalue weighted by molar-refractivity contribution is 6.20. The number of carbonyl (C=O) groups excluding carboxylic acids is 1. The number of allylic oxidation sites excluding steroid dienone is 2. The number of nitrogens with zero attached hydrogens (tertiary/aromatic N) is 1. The smallest absolute Gasteiger partial charge is 0.162 e. The van der Waals surface area contributed by atoms with Crippen LogP contribution in [0.2, 0.25) is 0 Å². The molecular formula is C18H17N3O. The molecule has 0 fully saturated rings. The molecule has 4 N–H and O–H groups in total. The summed E-state index contributed by atoms with van der Waals surface area (Å²) in [5.74, 6) is 6.21. The molecule has 2 rings (SSSR count). The predicted molar refractivity (Wildman–Crippen MR) is 88.5 cm³/mol. The Kier molecular flexibility index (Phi) is 4.60. The lowest BCUT2D eigenvalue weighted by molar-refractivity contribution is -0.111. The van der Waals surface area contributed by atoms with Crippen molar-refractivity contribution in [2.75, 3.05) is 5.73 Å². The number of hydrogen-bond acceptors (Lipinski definition) is 4. The van der Waals surface area contributed by atoms with Gasteiger partial charge in [-0.05, 0) is 44.0 Å². The molecule has 0 atom stereocenters. The number of benzene rings is 1. The zero-order chi connectivity index (χ0) is 16.1. The first-order chi connectivity index (χ1) is 10.5. The van der Waals surface area contributed by atoms with Crippen LogP contribution < -0.4 is 11.5 Å². The van der Waals surface area contributed by atoms with Crippen molar-refractivity contribution >= 4 is 17.2 Å². The van der Waals surface area contributed by atoms with Gasteiger partial charge in [-0.25, -0.2) is 4.98 Å². The quantitative estimate of drug-likeness (QED) is 0.657. The minimum atomic E-state index is -0.130. The van der Waals surface area contributed by atoms with E-state index in [4.69, 9.17) is 11.5 Å². The summed E-state index contributed by atoms with van der Waals surface area (Å²) < 4.78 is 0. The summed E-state index contributed by atoms with van der Waals surface area (Å²) in [6.45, 7) is 3.15. The molecule has 22 heavy (non-hydrogen) atoms. The third kappa shape index (κ3) is 3.53. The van der Waals surface area contributed by atoms with Gasteiger partial charge in [-0.3, -0.25) is 4.79 Å². The van der Waals surface area contributed by atoms with Crippen LogP contribution in [-0.4, -0.2) is 10.8 Å². The van der Waals surface area contributed by atoms with Gasteiger partial charge in [0.05, 0.1) is 0 Å². The molecule has 1 aromatic heterocycles. The number of nitrogens with two attached hydrogens (primary N) is 2. The van der Waals surface area contributed by atoms with Crippen molar-refractivity contribution in [2.45, 2.75) is 13.8 Å². The second-order valence-corrected chi connectivity index (χ2v) is 4.86. The summed E-state index contributed by atoms with van der Waals surface area (Å²) in [5.41, 5.74) is 14.3. The normalized spacial score (nSPS) is 11.2. The van der Waals surface area contributed by atoms with Crippen molar-refractivity contribution in [1.29, 1.82) is 0 Å². The van der Waals surface area contributed by atoms with Crippen molar-refractivity contribution in [3.8, 4) is 11.8 Å². The molecule has 0 bridgehead atoms. The Balaban J connectivity index is 2.57. The maximum absolute atomic E-state index is 11.9. The van der Waals surface area contributed by atoms with E-state index in [0.717, 1.165) is 5.56 Å². The predicted octanol–water partition coefficient (Wildman–Crippen LogP) is 2.34. The van der Waals surface area contributed by atoms with E-state index >= 15 is 0 Å². The lowest BCUT2D eigenvalue weighted by atomic mass is 9.99. The lowest BCUT2D eigenvalue weighted by Gasteiger charge is -2.09. The van der Waals surface area contributed by atoms with Crippen LogP contribution in [0.5, 0.6) is 0 Å². The molecular weight excluding hydrogens is 274 g/mol. The molecule has 1 heterocycles. The molecule has 0 saturated heterocycles. The number of aromatic nitrogens is 1. The number of nitrogen functional groups attached to an aromatic ring is 1. The van der Waals surface area contributed by atoms with Gasteiger partial charge >= 0.3 is 0 Å². The van der Waals surface area contributed by atoms with Crippen LogP contribution in [-0.2, 0) is 4.79 Å². The zero-order valence-corrected chi connectivity index (χ0v) is 12.6. The first-order valence-corrected chi connectivity index (χ1v) is 6.80. The molecule has 4 heteroatoms. The lowest BCUT2D eigenvalue weighted by Crippen LogP contribution is -2.08. The highest BCUT2D eigenvalue weighted by Crippen LogP contribution is 2.21. The van der Waals surface area contributed by atoms with Gasteiger partial charge in [-0.1, -0.05) is 24.1 Å². The Morgan fingerprint density at radius 2 is 1.73 bits per heavy atom. The van der Waals surface area contributed by atoms with Gasteiger partial charge < -0.3 is 11.5 Å². The maximum Gasteiger partial charge on any atom is 0.162 e. The minimum Gasteiger partial charge on any atom is -0.402 e. The summed E-state index contributed by atoms with van der Waals surface area (Å²) in [4.78, 5) is 16.1. The highest BCUT2D eigenvalue weighted by Gasteiger charge is 2.14. The van der Waals surface area contributed by atoms with Gasteiger partial charge in [-0.15, -0.1) is 0 Å². The number of rotatable bonds is 2. The molecule has 0 unspecified atom stereocenters. The van der Waals surface area contributed by atoms with Crippen LogP contribution in [0.3, 0.4) is 0 Å². The minimum absolute atomic E-state index is 0.130. The van der Waals surface area contributed by atoms with E-state index in [0.29, 0.717) is 28.3 Å². The van der Waals surface area contributed by atoms with Gasteiger partial charge in [0, 0.05) is 22.4 Å².